The molecule has 2 aliphatic rings. The molecular formula is C24H27N5O2. The molecule has 160 valence electrons. The number of aromatic nitrogens is 3. The summed E-state index contributed by atoms with van der Waals surface area (Å²) in [5.74, 6) is 1.50. The minimum Gasteiger partial charge on any atom is -0.472 e. The quantitative estimate of drug-likeness (QED) is 0.690. The number of hydrogen-bond donors (Lipinski definition) is 1. The fourth-order valence-corrected chi connectivity index (χ4v) is 4.90. The predicted octanol–water partition coefficient (Wildman–Crippen LogP) is 3.52. The van der Waals surface area contributed by atoms with Crippen molar-refractivity contribution in [3.8, 4) is 5.88 Å². The molecule has 0 spiro atoms. The fourth-order valence-electron chi connectivity index (χ4n) is 4.90. The van der Waals surface area contributed by atoms with Crippen molar-refractivity contribution in [3.05, 3.63) is 78.8 Å². The lowest BCUT2D eigenvalue weighted by Crippen LogP contribution is -2.40. The zero-order valence-electron chi connectivity index (χ0n) is 17.4. The van der Waals surface area contributed by atoms with E-state index in [1.807, 2.05) is 76.6 Å². The van der Waals surface area contributed by atoms with Gasteiger partial charge in [0.05, 0.1) is 6.04 Å². The molecule has 7 heteroatoms. The average Bonchev–Trinajstić information content (AvgIpc) is 3.48. The Balaban J connectivity index is 1.26. The third kappa shape index (κ3) is 4.40. The van der Waals surface area contributed by atoms with Crippen LogP contribution in [-0.4, -0.2) is 44.9 Å². The number of pyridine rings is 1. The zero-order valence-corrected chi connectivity index (χ0v) is 17.4. The molecule has 0 unspecified atom stereocenters. The van der Waals surface area contributed by atoms with Crippen LogP contribution in [0, 0.1) is 11.8 Å². The maximum Gasteiger partial charge on any atom is 0.317 e. The summed E-state index contributed by atoms with van der Waals surface area (Å²) in [5, 5.41) is 7.56. The Morgan fingerprint density at radius 1 is 1.00 bits per heavy atom. The van der Waals surface area contributed by atoms with Gasteiger partial charge >= 0.3 is 6.03 Å². The second-order valence-electron chi connectivity index (χ2n) is 8.42. The number of urea groups is 1. The maximum absolute atomic E-state index is 12.8. The van der Waals surface area contributed by atoms with Crippen LogP contribution in [0.2, 0.25) is 0 Å². The number of benzene rings is 1. The van der Waals surface area contributed by atoms with Crippen LogP contribution in [0.3, 0.4) is 0 Å². The molecule has 0 radical (unpaired) electrons. The summed E-state index contributed by atoms with van der Waals surface area (Å²) < 4.78 is 8.31. The third-order valence-electron chi connectivity index (χ3n) is 6.43. The van der Waals surface area contributed by atoms with E-state index in [4.69, 9.17) is 4.74 Å². The first kappa shape index (κ1) is 19.6. The van der Waals surface area contributed by atoms with E-state index in [2.05, 4.69) is 15.4 Å². The molecule has 2 aromatic heterocycles. The van der Waals surface area contributed by atoms with Crippen LogP contribution in [0.1, 0.15) is 24.4 Å². The Morgan fingerprint density at radius 2 is 1.81 bits per heavy atom. The number of hydrogen-bond acceptors (Lipinski definition) is 4. The van der Waals surface area contributed by atoms with E-state index in [-0.39, 0.29) is 18.2 Å². The van der Waals surface area contributed by atoms with Gasteiger partial charge in [-0.05, 0) is 42.4 Å². The normalized spacial score (nSPS) is 25.1. The first-order chi connectivity index (χ1) is 15.3. The summed E-state index contributed by atoms with van der Waals surface area (Å²) in [4.78, 5) is 19.1. The van der Waals surface area contributed by atoms with Crippen molar-refractivity contribution in [2.75, 3.05) is 13.1 Å². The molecule has 1 aliphatic carbocycles. The molecule has 31 heavy (non-hydrogen) atoms. The third-order valence-corrected chi connectivity index (χ3v) is 6.43. The Kier molecular flexibility index (Phi) is 5.56. The maximum atomic E-state index is 12.8. The lowest BCUT2D eigenvalue weighted by atomic mass is 9.77. The molecule has 1 N–H and O–H groups in total. The number of carbonyl (C=O) groups excluding carboxylic acids is 1. The van der Waals surface area contributed by atoms with Crippen molar-refractivity contribution < 1.29 is 9.53 Å². The largest absolute Gasteiger partial charge is 0.472 e. The van der Waals surface area contributed by atoms with Gasteiger partial charge in [-0.25, -0.2) is 9.78 Å². The summed E-state index contributed by atoms with van der Waals surface area (Å²) >= 11 is 0. The topological polar surface area (TPSA) is 72.3 Å². The summed E-state index contributed by atoms with van der Waals surface area (Å²) in [6, 6.07) is 17.8. The summed E-state index contributed by atoms with van der Waals surface area (Å²) in [7, 11) is 0. The Morgan fingerprint density at radius 3 is 2.55 bits per heavy atom. The molecule has 3 aromatic rings. The molecule has 2 amide bonds. The van der Waals surface area contributed by atoms with Crippen LogP contribution >= 0.6 is 0 Å². The summed E-state index contributed by atoms with van der Waals surface area (Å²) in [6.45, 7) is 2.09. The van der Waals surface area contributed by atoms with Crippen LogP contribution in [-0.2, 0) is 6.54 Å². The van der Waals surface area contributed by atoms with Gasteiger partial charge in [-0.3, -0.25) is 4.68 Å². The van der Waals surface area contributed by atoms with Crippen molar-refractivity contribution >= 4 is 6.03 Å². The number of nitrogens with one attached hydrogen (secondary N) is 1. The highest BCUT2D eigenvalue weighted by molar-refractivity contribution is 5.74. The van der Waals surface area contributed by atoms with Gasteiger partial charge in [0.15, 0.2) is 0 Å². The molecule has 1 saturated carbocycles. The van der Waals surface area contributed by atoms with Crippen LogP contribution < -0.4 is 10.1 Å². The van der Waals surface area contributed by atoms with Crippen molar-refractivity contribution in [1.29, 1.82) is 0 Å². The monoisotopic (exact) mass is 417 g/mol. The van der Waals surface area contributed by atoms with Crippen LogP contribution in [0.4, 0.5) is 4.79 Å². The molecule has 7 nitrogen and oxygen atoms in total. The number of amides is 2. The van der Waals surface area contributed by atoms with E-state index in [0.29, 0.717) is 24.3 Å². The molecule has 1 aliphatic heterocycles. The zero-order chi connectivity index (χ0) is 21.0. The van der Waals surface area contributed by atoms with Crippen LogP contribution in [0.5, 0.6) is 5.88 Å². The van der Waals surface area contributed by atoms with Crippen molar-refractivity contribution in [2.24, 2.45) is 11.8 Å². The van der Waals surface area contributed by atoms with Gasteiger partial charge in [0, 0.05) is 44.3 Å². The number of fused-ring (bicyclic) bond motifs is 1. The lowest BCUT2D eigenvalue weighted by molar-refractivity contribution is 0.0459. The highest BCUT2D eigenvalue weighted by Gasteiger charge is 2.45. The minimum absolute atomic E-state index is 0.0103. The second-order valence-corrected chi connectivity index (χ2v) is 8.42. The van der Waals surface area contributed by atoms with E-state index in [1.54, 1.807) is 6.20 Å². The number of ether oxygens (including phenoxy) is 1. The van der Waals surface area contributed by atoms with Crippen molar-refractivity contribution in [2.45, 2.75) is 31.5 Å². The number of carbonyl (C=O) groups is 1. The van der Waals surface area contributed by atoms with Gasteiger partial charge in [-0.2, -0.15) is 5.10 Å². The highest BCUT2D eigenvalue weighted by Crippen LogP contribution is 2.42. The molecular weight excluding hydrogens is 390 g/mol. The molecule has 4 atom stereocenters. The van der Waals surface area contributed by atoms with Crippen molar-refractivity contribution in [1.82, 2.24) is 25.0 Å². The fraction of sp³-hybridized carbons (Fsp3) is 0.375. The smallest absolute Gasteiger partial charge is 0.317 e. The van der Waals surface area contributed by atoms with Gasteiger partial charge in [-0.1, -0.05) is 36.4 Å². The second kappa shape index (κ2) is 8.79. The van der Waals surface area contributed by atoms with Crippen LogP contribution in [0.25, 0.3) is 0 Å². The van der Waals surface area contributed by atoms with Crippen LogP contribution in [0.15, 0.2) is 73.2 Å². The van der Waals surface area contributed by atoms with Crippen molar-refractivity contribution in [3.63, 3.8) is 0 Å². The number of likely N-dealkylation sites (tertiary alicyclic amines) is 1. The van der Waals surface area contributed by atoms with Gasteiger partial charge in [-0.15, -0.1) is 0 Å². The number of nitrogens with zero attached hydrogens (tertiary/aromatic N) is 4. The predicted molar refractivity (Wildman–Crippen MR) is 116 cm³/mol. The molecule has 1 saturated heterocycles. The first-order valence-corrected chi connectivity index (χ1v) is 10.9. The Bertz CT molecular complexity index is 980. The van der Waals surface area contributed by atoms with E-state index >= 15 is 0 Å². The van der Waals surface area contributed by atoms with Gasteiger partial charge < -0.3 is 15.0 Å². The average molecular weight is 418 g/mol. The standard InChI is InChI=1S/C24H27N5O2/c30-24(26-15-18-7-2-1-3-8-18)28-16-19-13-21(29-12-6-11-27-29)22(14-20(19)17-28)31-23-9-4-5-10-25-23/h1-12,19-22H,13-17H2,(H,26,30)/t19-,20+,21-,22-/m0/s1. The highest BCUT2D eigenvalue weighted by atomic mass is 16.5. The van der Waals surface area contributed by atoms with E-state index in [0.717, 1.165) is 31.5 Å². The molecule has 5 rings (SSSR count). The molecule has 3 heterocycles. The summed E-state index contributed by atoms with van der Waals surface area (Å²) in [5.41, 5.74) is 1.11. The molecule has 0 bridgehead atoms. The first-order valence-electron chi connectivity index (χ1n) is 10.9. The minimum atomic E-state index is -0.0246. The molecule has 1 aromatic carbocycles. The number of rotatable bonds is 5. The summed E-state index contributed by atoms with van der Waals surface area (Å²) in [6.07, 6.45) is 7.35. The van der Waals surface area contributed by atoms with E-state index < -0.39 is 0 Å². The van der Waals surface area contributed by atoms with E-state index in [9.17, 15) is 4.79 Å². The Labute approximate surface area is 182 Å². The SMILES string of the molecule is O=C(NCc1ccccc1)N1C[C@H]2C[C@H](Oc3ccccn3)[C@@H](n3cccn3)C[C@H]2C1. The Hall–Kier alpha value is -3.35. The van der Waals surface area contributed by atoms with E-state index in [1.165, 1.54) is 0 Å². The van der Waals surface area contributed by atoms with Gasteiger partial charge in [0.1, 0.15) is 6.10 Å². The van der Waals surface area contributed by atoms with Gasteiger partial charge in [0.25, 0.3) is 0 Å². The lowest BCUT2D eigenvalue weighted by Gasteiger charge is -2.37. The van der Waals surface area contributed by atoms with Gasteiger partial charge in [0.2, 0.25) is 5.88 Å². The molecule has 2 fully saturated rings.